The fraction of sp³-hybridized carbons (Fsp3) is 0.235. The highest BCUT2D eigenvalue weighted by molar-refractivity contribution is 7.89. The van der Waals surface area contributed by atoms with Crippen molar-refractivity contribution in [3.05, 3.63) is 58.1 Å². The van der Waals surface area contributed by atoms with E-state index in [1.807, 2.05) is 6.07 Å². The van der Waals surface area contributed by atoms with E-state index >= 15 is 0 Å². The van der Waals surface area contributed by atoms with Crippen molar-refractivity contribution in [1.82, 2.24) is 4.72 Å². The van der Waals surface area contributed by atoms with E-state index in [0.717, 1.165) is 0 Å². The number of nitriles is 1. The molecule has 3 N–H and O–H groups in total. The summed E-state index contributed by atoms with van der Waals surface area (Å²) in [4.78, 5) is -0.0361. The van der Waals surface area contributed by atoms with Gasteiger partial charge in [-0.2, -0.15) is 5.26 Å². The van der Waals surface area contributed by atoms with E-state index in [2.05, 4.69) is 4.72 Å². The second-order valence-electron chi connectivity index (χ2n) is 5.47. The molecule has 138 valence electrons. The van der Waals surface area contributed by atoms with Gasteiger partial charge in [0.2, 0.25) is 10.0 Å². The van der Waals surface area contributed by atoms with Gasteiger partial charge in [-0.1, -0.05) is 23.2 Å². The van der Waals surface area contributed by atoms with E-state index in [-0.39, 0.29) is 29.1 Å². The molecule has 1 unspecified atom stereocenters. The Bertz CT molecular complexity index is 896. The molecule has 0 fully saturated rings. The number of hydrogen-bond donors (Lipinski definition) is 2. The molecule has 0 aromatic heterocycles. The van der Waals surface area contributed by atoms with Crippen LogP contribution >= 0.6 is 23.2 Å². The number of nitrogens with two attached hydrogens (primary N) is 1. The normalized spacial score (nSPS) is 12.4. The SMILES string of the molecule is N#Cc1ccc(OCC(N)CCNS(=O)(=O)c2ccc(Cl)cc2Cl)cc1. The van der Waals surface area contributed by atoms with Crippen LogP contribution in [0.2, 0.25) is 10.0 Å². The molecule has 6 nitrogen and oxygen atoms in total. The topological polar surface area (TPSA) is 105 Å². The van der Waals surface area contributed by atoms with Gasteiger partial charge in [-0.15, -0.1) is 0 Å². The minimum Gasteiger partial charge on any atom is -0.492 e. The zero-order chi connectivity index (χ0) is 19.2. The first kappa shape index (κ1) is 20.5. The van der Waals surface area contributed by atoms with Crippen LogP contribution in [0.1, 0.15) is 12.0 Å². The number of benzene rings is 2. The van der Waals surface area contributed by atoms with Gasteiger partial charge in [-0.25, -0.2) is 13.1 Å². The summed E-state index contributed by atoms with van der Waals surface area (Å²) in [6.07, 6.45) is 0.376. The van der Waals surface area contributed by atoms with Gasteiger partial charge in [0.1, 0.15) is 17.3 Å². The molecular formula is C17H17Cl2N3O3S. The minimum atomic E-state index is -3.75. The van der Waals surface area contributed by atoms with Crippen LogP contribution in [0.5, 0.6) is 5.75 Å². The lowest BCUT2D eigenvalue weighted by molar-refractivity contribution is 0.282. The number of nitrogens with zero attached hydrogens (tertiary/aromatic N) is 1. The van der Waals surface area contributed by atoms with Crippen LogP contribution in [0.4, 0.5) is 0 Å². The van der Waals surface area contributed by atoms with Gasteiger partial charge in [-0.05, 0) is 48.9 Å². The highest BCUT2D eigenvalue weighted by atomic mass is 35.5. The van der Waals surface area contributed by atoms with Crippen LogP contribution in [0.3, 0.4) is 0 Å². The first-order chi connectivity index (χ1) is 12.3. The van der Waals surface area contributed by atoms with E-state index in [4.69, 9.17) is 38.9 Å². The number of halogens is 2. The standard InChI is InChI=1S/C17H17Cl2N3O3S/c18-13-3-6-17(16(19)9-13)26(23,24)22-8-7-14(21)11-25-15-4-1-12(10-20)2-5-15/h1-6,9,14,22H,7-8,11,21H2. The quantitative estimate of drug-likeness (QED) is 0.691. The first-order valence-corrected chi connectivity index (χ1v) is 9.89. The van der Waals surface area contributed by atoms with Gasteiger partial charge in [0.15, 0.2) is 0 Å². The van der Waals surface area contributed by atoms with Gasteiger partial charge in [0, 0.05) is 17.6 Å². The lowest BCUT2D eigenvalue weighted by Gasteiger charge is -2.14. The Balaban J connectivity index is 1.81. The number of rotatable bonds is 8. The summed E-state index contributed by atoms with van der Waals surface area (Å²) >= 11 is 11.7. The zero-order valence-electron chi connectivity index (χ0n) is 13.7. The van der Waals surface area contributed by atoms with E-state index in [0.29, 0.717) is 22.8 Å². The summed E-state index contributed by atoms with van der Waals surface area (Å²) in [6.45, 7) is 0.356. The molecule has 0 spiro atoms. The summed E-state index contributed by atoms with van der Waals surface area (Å²) in [6, 6.07) is 12.5. The zero-order valence-corrected chi connectivity index (χ0v) is 16.0. The van der Waals surface area contributed by atoms with Crippen LogP contribution in [-0.2, 0) is 10.0 Å². The lowest BCUT2D eigenvalue weighted by atomic mass is 10.2. The van der Waals surface area contributed by atoms with Crippen molar-refractivity contribution in [2.45, 2.75) is 17.4 Å². The Kier molecular flexibility index (Phi) is 7.26. The summed E-state index contributed by atoms with van der Waals surface area (Å²) in [5, 5.41) is 9.15. The smallest absolute Gasteiger partial charge is 0.242 e. The van der Waals surface area contributed by atoms with Crippen LogP contribution < -0.4 is 15.2 Å². The van der Waals surface area contributed by atoms with Crippen molar-refractivity contribution in [2.75, 3.05) is 13.2 Å². The lowest BCUT2D eigenvalue weighted by Crippen LogP contribution is -2.34. The molecule has 0 radical (unpaired) electrons. The number of sulfonamides is 1. The maximum Gasteiger partial charge on any atom is 0.242 e. The fourth-order valence-corrected chi connectivity index (χ4v) is 3.88. The average molecular weight is 414 g/mol. The molecule has 0 saturated heterocycles. The Hall–Kier alpha value is -1.82. The summed E-state index contributed by atoms with van der Waals surface area (Å²) < 4.78 is 32.5. The molecule has 0 heterocycles. The predicted octanol–water partition coefficient (Wildman–Crippen LogP) is 2.94. The maximum absolute atomic E-state index is 12.2. The van der Waals surface area contributed by atoms with Crippen molar-refractivity contribution in [3.8, 4) is 11.8 Å². The van der Waals surface area contributed by atoms with Crippen LogP contribution in [0, 0.1) is 11.3 Å². The highest BCUT2D eigenvalue weighted by Crippen LogP contribution is 2.24. The van der Waals surface area contributed by atoms with Gasteiger partial charge in [0.25, 0.3) is 0 Å². The molecule has 26 heavy (non-hydrogen) atoms. The van der Waals surface area contributed by atoms with Gasteiger partial charge < -0.3 is 10.5 Å². The molecule has 1 atom stereocenters. The molecule has 0 aliphatic rings. The Morgan fingerprint density at radius 1 is 1.19 bits per heavy atom. The molecule has 0 bridgehead atoms. The van der Waals surface area contributed by atoms with Crippen molar-refractivity contribution in [1.29, 1.82) is 5.26 Å². The molecule has 2 aromatic rings. The second kappa shape index (κ2) is 9.21. The largest absolute Gasteiger partial charge is 0.492 e. The Morgan fingerprint density at radius 2 is 1.88 bits per heavy atom. The van der Waals surface area contributed by atoms with Gasteiger partial charge >= 0.3 is 0 Å². The summed E-state index contributed by atoms with van der Waals surface area (Å²) in [5.74, 6) is 0.591. The molecule has 0 aliphatic carbocycles. The molecule has 2 aromatic carbocycles. The number of nitrogens with one attached hydrogen (secondary N) is 1. The molecule has 0 saturated carbocycles. The summed E-state index contributed by atoms with van der Waals surface area (Å²) in [7, 11) is -3.75. The molecule has 2 rings (SSSR count). The number of ether oxygens (including phenoxy) is 1. The van der Waals surface area contributed by atoms with Crippen molar-refractivity contribution in [3.63, 3.8) is 0 Å². The third kappa shape index (κ3) is 5.87. The number of hydrogen-bond acceptors (Lipinski definition) is 5. The van der Waals surface area contributed by atoms with Gasteiger partial charge in [0.05, 0.1) is 16.7 Å². The van der Waals surface area contributed by atoms with Crippen LogP contribution in [0.25, 0.3) is 0 Å². The van der Waals surface area contributed by atoms with Crippen LogP contribution in [0.15, 0.2) is 47.4 Å². The third-order valence-electron chi connectivity index (χ3n) is 3.44. The monoisotopic (exact) mass is 413 g/mol. The maximum atomic E-state index is 12.2. The van der Waals surface area contributed by atoms with Crippen molar-refractivity contribution >= 4 is 33.2 Å². The molecule has 0 amide bonds. The van der Waals surface area contributed by atoms with Crippen LogP contribution in [-0.4, -0.2) is 27.6 Å². The predicted molar refractivity (Wildman–Crippen MR) is 101 cm³/mol. The van der Waals surface area contributed by atoms with E-state index in [1.54, 1.807) is 24.3 Å². The Morgan fingerprint density at radius 3 is 2.50 bits per heavy atom. The summed E-state index contributed by atoms with van der Waals surface area (Å²) in [5.41, 5.74) is 6.48. The van der Waals surface area contributed by atoms with Gasteiger partial charge in [-0.3, -0.25) is 0 Å². The molecule has 0 aliphatic heterocycles. The van der Waals surface area contributed by atoms with E-state index in [9.17, 15) is 8.42 Å². The minimum absolute atomic E-state index is 0.0361. The average Bonchev–Trinajstić information content (AvgIpc) is 2.60. The Labute approximate surface area is 162 Å². The highest BCUT2D eigenvalue weighted by Gasteiger charge is 2.18. The van der Waals surface area contributed by atoms with Crippen molar-refractivity contribution in [2.24, 2.45) is 5.73 Å². The van der Waals surface area contributed by atoms with Crippen molar-refractivity contribution < 1.29 is 13.2 Å². The first-order valence-electron chi connectivity index (χ1n) is 7.65. The second-order valence-corrected chi connectivity index (χ2v) is 8.05. The molecule has 9 heteroatoms. The fourth-order valence-electron chi connectivity index (χ4n) is 2.06. The van der Waals surface area contributed by atoms with E-state index < -0.39 is 10.0 Å². The third-order valence-corrected chi connectivity index (χ3v) is 5.62. The van der Waals surface area contributed by atoms with E-state index in [1.165, 1.54) is 18.2 Å². The molecular weight excluding hydrogens is 397 g/mol.